The number of furan rings is 1. The third-order valence-corrected chi connectivity index (χ3v) is 4.05. The van der Waals surface area contributed by atoms with Gasteiger partial charge in [-0.15, -0.1) is 0 Å². The Balaban J connectivity index is 1.81. The Kier molecular flexibility index (Phi) is 4.67. The molecular formula is C19H17ClN2O2. The number of hydrogen-bond acceptors (Lipinski definition) is 3. The van der Waals surface area contributed by atoms with Gasteiger partial charge < -0.3 is 4.42 Å². The van der Waals surface area contributed by atoms with Crippen LogP contribution in [0.4, 0.5) is 5.82 Å². The zero-order valence-corrected chi connectivity index (χ0v) is 14.2. The van der Waals surface area contributed by atoms with Gasteiger partial charge in [-0.25, -0.2) is 4.98 Å². The number of rotatable bonds is 4. The lowest BCUT2D eigenvalue weighted by Crippen LogP contribution is -2.26. The Morgan fingerprint density at radius 2 is 1.88 bits per heavy atom. The van der Waals surface area contributed by atoms with Crippen LogP contribution in [0.15, 0.2) is 59.1 Å². The second kappa shape index (κ2) is 6.89. The number of carbonyl (C=O) groups excluding carboxylic acids is 1. The van der Waals surface area contributed by atoms with E-state index in [4.69, 9.17) is 16.0 Å². The molecule has 1 amide bonds. The van der Waals surface area contributed by atoms with Crippen LogP contribution in [0.5, 0.6) is 0 Å². The molecule has 24 heavy (non-hydrogen) atoms. The van der Waals surface area contributed by atoms with Crippen LogP contribution in [-0.4, -0.2) is 17.9 Å². The van der Waals surface area contributed by atoms with Crippen molar-refractivity contribution in [1.82, 2.24) is 4.98 Å². The van der Waals surface area contributed by atoms with E-state index in [2.05, 4.69) is 24.0 Å². The van der Waals surface area contributed by atoms with Gasteiger partial charge in [0.25, 0.3) is 5.91 Å². The normalized spacial score (nSPS) is 10.6. The van der Waals surface area contributed by atoms with Gasteiger partial charge in [0.1, 0.15) is 11.6 Å². The van der Waals surface area contributed by atoms with Crippen molar-refractivity contribution in [1.29, 1.82) is 0 Å². The molecule has 1 aromatic carbocycles. The van der Waals surface area contributed by atoms with Gasteiger partial charge in [-0.1, -0.05) is 42.8 Å². The number of amides is 1. The number of carbonyl (C=O) groups is 1. The lowest BCUT2D eigenvalue weighted by atomic mass is 10.1. The molecule has 3 aromatic rings. The Labute approximate surface area is 145 Å². The van der Waals surface area contributed by atoms with Crippen molar-refractivity contribution in [2.75, 3.05) is 11.9 Å². The monoisotopic (exact) mass is 340 g/mol. The van der Waals surface area contributed by atoms with Gasteiger partial charge in [0.15, 0.2) is 5.76 Å². The zero-order valence-electron chi connectivity index (χ0n) is 13.5. The van der Waals surface area contributed by atoms with Crippen LogP contribution >= 0.6 is 11.6 Å². The Morgan fingerprint density at radius 1 is 1.12 bits per heavy atom. The van der Waals surface area contributed by atoms with E-state index in [9.17, 15) is 4.79 Å². The van der Waals surface area contributed by atoms with Crippen molar-refractivity contribution in [3.63, 3.8) is 0 Å². The average Bonchev–Trinajstić information content (AvgIpc) is 3.11. The second-order valence-electron chi connectivity index (χ2n) is 5.41. The predicted octanol–water partition coefficient (Wildman–Crippen LogP) is 4.83. The molecule has 0 spiro atoms. The SMILES string of the molecule is CCc1ccc(-c2ccc(C(=O)N(C)c3ccc(Cl)cn3)o2)cc1. The first-order valence-corrected chi connectivity index (χ1v) is 8.05. The first-order valence-electron chi connectivity index (χ1n) is 7.67. The van der Waals surface area contributed by atoms with Crippen molar-refractivity contribution in [2.24, 2.45) is 0 Å². The number of aryl methyl sites for hydroxylation is 1. The fourth-order valence-electron chi connectivity index (χ4n) is 2.35. The fraction of sp³-hybridized carbons (Fsp3) is 0.158. The topological polar surface area (TPSA) is 46.3 Å². The van der Waals surface area contributed by atoms with Crippen LogP contribution in [0, 0.1) is 0 Å². The Hall–Kier alpha value is -2.59. The van der Waals surface area contributed by atoms with Crippen molar-refractivity contribution < 1.29 is 9.21 Å². The van der Waals surface area contributed by atoms with Crippen LogP contribution in [0.2, 0.25) is 5.02 Å². The highest BCUT2D eigenvalue weighted by molar-refractivity contribution is 6.30. The summed E-state index contributed by atoms with van der Waals surface area (Å²) in [5.74, 6) is 1.18. The lowest BCUT2D eigenvalue weighted by molar-refractivity contribution is 0.0966. The smallest absolute Gasteiger partial charge is 0.294 e. The van der Waals surface area contributed by atoms with Crippen LogP contribution in [0.3, 0.4) is 0 Å². The van der Waals surface area contributed by atoms with Crippen LogP contribution < -0.4 is 4.90 Å². The molecule has 0 bridgehead atoms. The van der Waals surface area contributed by atoms with E-state index in [0.717, 1.165) is 12.0 Å². The number of aromatic nitrogens is 1. The molecule has 3 rings (SSSR count). The predicted molar refractivity (Wildman–Crippen MR) is 95.5 cm³/mol. The standard InChI is InChI=1S/C19H17ClN2O2/c1-3-13-4-6-14(7-5-13)16-9-10-17(24-16)19(23)22(2)18-11-8-15(20)12-21-18/h4-12H,3H2,1-2H3. The molecule has 122 valence electrons. The summed E-state index contributed by atoms with van der Waals surface area (Å²) < 4.78 is 5.73. The number of nitrogens with zero attached hydrogens (tertiary/aromatic N) is 2. The molecule has 0 atom stereocenters. The summed E-state index contributed by atoms with van der Waals surface area (Å²) in [5.41, 5.74) is 2.20. The van der Waals surface area contributed by atoms with Gasteiger partial charge in [-0.3, -0.25) is 9.69 Å². The van der Waals surface area contributed by atoms with Crippen molar-refractivity contribution in [2.45, 2.75) is 13.3 Å². The molecule has 0 aliphatic carbocycles. The molecule has 0 aliphatic heterocycles. The van der Waals surface area contributed by atoms with Crippen LogP contribution in [-0.2, 0) is 6.42 Å². The molecular weight excluding hydrogens is 324 g/mol. The zero-order chi connectivity index (χ0) is 17.1. The largest absolute Gasteiger partial charge is 0.451 e. The maximum atomic E-state index is 12.5. The molecule has 5 heteroatoms. The van der Waals surface area contributed by atoms with E-state index in [0.29, 0.717) is 16.6 Å². The number of halogens is 1. The minimum absolute atomic E-state index is 0.263. The van der Waals surface area contributed by atoms with E-state index in [-0.39, 0.29) is 11.7 Å². The van der Waals surface area contributed by atoms with E-state index >= 15 is 0 Å². The maximum Gasteiger partial charge on any atom is 0.294 e. The molecule has 0 saturated heterocycles. The summed E-state index contributed by atoms with van der Waals surface area (Å²) in [7, 11) is 1.65. The van der Waals surface area contributed by atoms with Crippen molar-refractivity contribution in [3.8, 4) is 11.3 Å². The summed E-state index contributed by atoms with van der Waals surface area (Å²) in [4.78, 5) is 18.1. The van der Waals surface area contributed by atoms with Gasteiger partial charge in [0, 0.05) is 18.8 Å². The van der Waals surface area contributed by atoms with Crippen molar-refractivity contribution >= 4 is 23.3 Å². The minimum atomic E-state index is -0.263. The number of hydrogen-bond donors (Lipinski definition) is 0. The summed E-state index contributed by atoms with van der Waals surface area (Å²) in [6.07, 6.45) is 2.49. The second-order valence-corrected chi connectivity index (χ2v) is 5.85. The molecule has 0 radical (unpaired) electrons. The van der Waals surface area contributed by atoms with Crippen molar-refractivity contribution in [3.05, 3.63) is 71.1 Å². The highest BCUT2D eigenvalue weighted by atomic mass is 35.5. The fourth-order valence-corrected chi connectivity index (χ4v) is 2.46. The van der Waals surface area contributed by atoms with Gasteiger partial charge in [-0.2, -0.15) is 0 Å². The van der Waals surface area contributed by atoms with Gasteiger partial charge >= 0.3 is 0 Å². The molecule has 0 unspecified atom stereocenters. The maximum absolute atomic E-state index is 12.5. The Bertz CT molecular complexity index is 839. The third-order valence-electron chi connectivity index (χ3n) is 3.82. The average molecular weight is 341 g/mol. The summed E-state index contributed by atoms with van der Waals surface area (Å²) in [6.45, 7) is 2.11. The molecule has 0 aliphatic rings. The van der Waals surface area contributed by atoms with E-state index in [1.165, 1.54) is 16.7 Å². The molecule has 0 N–H and O–H groups in total. The Morgan fingerprint density at radius 3 is 2.50 bits per heavy atom. The molecule has 0 fully saturated rings. The van der Waals surface area contributed by atoms with Crippen LogP contribution in [0.25, 0.3) is 11.3 Å². The highest BCUT2D eigenvalue weighted by Crippen LogP contribution is 2.24. The molecule has 0 saturated carbocycles. The highest BCUT2D eigenvalue weighted by Gasteiger charge is 2.18. The summed E-state index contributed by atoms with van der Waals surface area (Å²) >= 11 is 5.82. The molecule has 2 aromatic heterocycles. The number of benzene rings is 1. The quantitative estimate of drug-likeness (QED) is 0.683. The van der Waals surface area contributed by atoms with Gasteiger partial charge in [0.2, 0.25) is 0 Å². The van der Waals surface area contributed by atoms with E-state index in [1.807, 2.05) is 12.1 Å². The minimum Gasteiger partial charge on any atom is -0.451 e. The van der Waals surface area contributed by atoms with Gasteiger partial charge in [0.05, 0.1) is 5.02 Å². The first-order chi connectivity index (χ1) is 11.6. The summed E-state index contributed by atoms with van der Waals surface area (Å²) in [5, 5.41) is 0.524. The van der Waals surface area contributed by atoms with E-state index < -0.39 is 0 Å². The lowest BCUT2D eigenvalue weighted by Gasteiger charge is -2.14. The molecule has 4 nitrogen and oxygen atoms in total. The van der Waals surface area contributed by atoms with Gasteiger partial charge in [-0.05, 0) is 36.2 Å². The first kappa shape index (κ1) is 16.3. The number of anilines is 1. The number of pyridine rings is 1. The third kappa shape index (κ3) is 3.34. The van der Waals surface area contributed by atoms with E-state index in [1.54, 1.807) is 31.3 Å². The molecule has 2 heterocycles. The van der Waals surface area contributed by atoms with Crippen LogP contribution in [0.1, 0.15) is 23.0 Å². The summed E-state index contributed by atoms with van der Waals surface area (Å²) in [6, 6.07) is 15.0.